The van der Waals surface area contributed by atoms with Gasteiger partial charge in [0.15, 0.2) is 11.6 Å². The molecule has 2 amide bonds. The van der Waals surface area contributed by atoms with Gasteiger partial charge in [-0.1, -0.05) is 0 Å². The molecule has 0 aliphatic carbocycles. The Morgan fingerprint density at radius 3 is 2.38 bits per heavy atom. The Kier molecular flexibility index (Phi) is 7.57. The summed E-state index contributed by atoms with van der Waals surface area (Å²) in [6, 6.07) is 12.2. The van der Waals surface area contributed by atoms with E-state index < -0.39 is 23.6 Å². The number of rotatable bonds is 6. The first kappa shape index (κ1) is 26.3. The number of anilines is 2. The van der Waals surface area contributed by atoms with E-state index in [1.54, 1.807) is 24.4 Å². The smallest absolute Gasteiger partial charge is 0.416 e. The van der Waals surface area contributed by atoms with Gasteiger partial charge in [0, 0.05) is 56.2 Å². The number of ether oxygens (including phenoxy) is 1. The lowest BCUT2D eigenvalue weighted by molar-refractivity contribution is -0.137. The Bertz CT molecular complexity index is 1470. The van der Waals surface area contributed by atoms with Crippen LogP contribution in [-0.4, -0.2) is 47.1 Å². The van der Waals surface area contributed by atoms with E-state index in [1.165, 1.54) is 12.1 Å². The number of fused-ring (bicyclic) bond motifs is 1. The monoisotopic (exact) mass is 540 g/mol. The number of alkyl halides is 3. The third-order valence-corrected chi connectivity index (χ3v) is 6.05. The normalized spacial score (nSPS) is 14.3. The number of hydrogen-bond acceptors (Lipinski definition) is 6. The lowest BCUT2D eigenvalue weighted by Gasteiger charge is -2.26. The van der Waals surface area contributed by atoms with Crippen molar-refractivity contribution in [2.24, 2.45) is 0 Å². The molecule has 1 fully saturated rings. The second-order valence-electron chi connectivity index (χ2n) is 8.94. The predicted octanol–water partition coefficient (Wildman–Crippen LogP) is 5.63. The minimum atomic E-state index is -4.48. The molecule has 0 atom stereocenters. The fraction of sp³-hybridized carbons (Fsp3) is 0.222. The number of nitrogens with one attached hydrogen (secondary N) is 3. The number of aromatic nitrogens is 2. The van der Waals surface area contributed by atoms with Crippen molar-refractivity contribution in [1.29, 1.82) is 0 Å². The zero-order chi connectivity index (χ0) is 27.4. The number of benzene rings is 3. The Morgan fingerprint density at radius 1 is 0.949 bits per heavy atom. The number of nitrogens with zero attached hydrogens (tertiary/aromatic N) is 3. The molecule has 8 nitrogen and oxygen atoms in total. The van der Waals surface area contributed by atoms with Gasteiger partial charge in [0.1, 0.15) is 5.75 Å². The third-order valence-electron chi connectivity index (χ3n) is 6.05. The molecule has 3 aromatic carbocycles. The molecule has 5 rings (SSSR count). The van der Waals surface area contributed by atoms with Gasteiger partial charge in [-0.25, -0.2) is 14.2 Å². The van der Waals surface area contributed by atoms with Crippen molar-refractivity contribution in [3.05, 3.63) is 83.9 Å². The van der Waals surface area contributed by atoms with E-state index in [9.17, 15) is 22.4 Å². The highest BCUT2D eigenvalue weighted by molar-refractivity contribution is 5.99. The lowest BCUT2D eigenvalue weighted by atomic mass is 10.2. The lowest BCUT2D eigenvalue weighted by Crippen LogP contribution is -2.43. The molecule has 0 radical (unpaired) electrons. The van der Waals surface area contributed by atoms with Crippen LogP contribution in [-0.2, 0) is 12.7 Å². The molecule has 4 aromatic rings. The summed E-state index contributed by atoms with van der Waals surface area (Å²) in [5, 5.41) is 8.15. The highest BCUT2D eigenvalue weighted by atomic mass is 19.4. The molecule has 0 spiro atoms. The van der Waals surface area contributed by atoms with Crippen LogP contribution in [0.4, 0.5) is 33.7 Å². The van der Waals surface area contributed by atoms with Crippen LogP contribution in [0.3, 0.4) is 0 Å². The molecular formula is C27H24F4N6O2. The average Bonchev–Trinajstić information content (AvgIpc) is 2.90. The molecule has 202 valence electrons. The van der Waals surface area contributed by atoms with Crippen LogP contribution < -0.4 is 20.7 Å². The second kappa shape index (κ2) is 11.2. The van der Waals surface area contributed by atoms with Crippen LogP contribution in [0.25, 0.3) is 11.0 Å². The number of hydrogen-bond donors (Lipinski definition) is 3. The Labute approximate surface area is 221 Å². The molecule has 12 heteroatoms. The van der Waals surface area contributed by atoms with Gasteiger partial charge in [-0.3, -0.25) is 9.88 Å². The predicted molar refractivity (Wildman–Crippen MR) is 138 cm³/mol. The van der Waals surface area contributed by atoms with Crippen molar-refractivity contribution in [3.63, 3.8) is 0 Å². The molecular weight excluding hydrogens is 516 g/mol. The number of piperazine rings is 1. The summed E-state index contributed by atoms with van der Waals surface area (Å²) in [5.41, 5.74) is 1.59. The Hall–Kier alpha value is -4.29. The van der Waals surface area contributed by atoms with Gasteiger partial charge >= 0.3 is 12.2 Å². The Balaban J connectivity index is 1.22. The summed E-state index contributed by atoms with van der Waals surface area (Å²) in [6.45, 7) is 4.42. The number of carbonyl (C=O) groups is 1. The molecule has 1 aliphatic heterocycles. The first-order valence-electron chi connectivity index (χ1n) is 12.1. The summed E-state index contributed by atoms with van der Waals surface area (Å²) in [6.07, 6.45) is -2.72. The zero-order valence-corrected chi connectivity index (χ0v) is 20.6. The quantitative estimate of drug-likeness (QED) is 0.275. The third kappa shape index (κ3) is 6.78. The van der Waals surface area contributed by atoms with E-state index in [4.69, 9.17) is 4.74 Å². The van der Waals surface area contributed by atoms with Gasteiger partial charge in [-0.05, 0) is 48.5 Å². The van der Waals surface area contributed by atoms with Gasteiger partial charge < -0.3 is 20.7 Å². The SMILES string of the molecule is O=C(Nc1ccc(C(F)(F)F)cc1)Nc1ccc(Oc2ccc3ncc(CN4CCNCC4)nc3c2)c(F)c1. The van der Waals surface area contributed by atoms with E-state index in [0.717, 1.165) is 62.2 Å². The van der Waals surface area contributed by atoms with Gasteiger partial charge in [0.2, 0.25) is 0 Å². The van der Waals surface area contributed by atoms with Crippen molar-refractivity contribution in [2.45, 2.75) is 12.7 Å². The highest BCUT2D eigenvalue weighted by Crippen LogP contribution is 2.30. The van der Waals surface area contributed by atoms with Crippen LogP contribution >= 0.6 is 0 Å². The molecule has 1 aromatic heterocycles. The van der Waals surface area contributed by atoms with E-state index in [0.29, 0.717) is 23.3 Å². The summed E-state index contributed by atoms with van der Waals surface area (Å²) >= 11 is 0. The topological polar surface area (TPSA) is 91.4 Å². The largest absolute Gasteiger partial charge is 0.454 e. The molecule has 2 heterocycles. The van der Waals surface area contributed by atoms with Crippen LogP contribution in [0, 0.1) is 5.82 Å². The fourth-order valence-electron chi connectivity index (χ4n) is 4.09. The first-order valence-corrected chi connectivity index (χ1v) is 12.1. The van der Waals surface area contributed by atoms with Crippen molar-refractivity contribution in [2.75, 3.05) is 36.8 Å². The van der Waals surface area contributed by atoms with Gasteiger partial charge in [-0.2, -0.15) is 13.2 Å². The van der Waals surface area contributed by atoms with Gasteiger partial charge in [-0.15, -0.1) is 0 Å². The molecule has 1 saturated heterocycles. The molecule has 39 heavy (non-hydrogen) atoms. The number of amides is 2. The van der Waals surface area contributed by atoms with Crippen molar-refractivity contribution in [1.82, 2.24) is 20.2 Å². The summed E-state index contributed by atoms with van der Waals surface area (Å²) in [7, 11) is 0. The average molecular weight is 541 g/mol. The maximum atomic E-state index is 14.8. The van der Waals surface area contributed by atoms with E-state index in [-0.39, 0.29) is 17.1 Å². The second-order valence-corrected chi connectivity index (χ2v) is 8.94. The fourth-order valence-corrected chi connectivity index (χ4v) is 4.09. The van der Waals surface area contributed by atoms with Crippen molar-refractivity contribution >= 4 is 28.4 Å². The van der Waals surface area contributed by atoms with E-state index in [2.05, 4.69) is 30.8 Å². The zero-order valence-electron chi connectivity index (χ0n) is 20.6. The summed E-state index contributed by atoms with van der Waals surface area (Å²) in [4.78, 5) is 23.7. The number of halogens is 4. The van der Waals surface area contributed by atoms with E-state index >= 15 is 0 Å². The highest BCUT2D eigenvalue weighted by Gasteiger charge is 2.30. The van der Waals surface area contributed by atoms with Crippen LogP contribution in [0.2, 0.25) is 0 Å². The number of carbonyl (C=O) groups excluding carboxylic acids is 1. The van der Waals surface area contributed by atoms with Gasteiger partial charge in [0.25, 0.3) is 0 Å². The van der Waals surface area contributed by atoms with Crippen molar-refractivity contribution in [3.8, 4) is 11.5 Å². The molecule has 3 N–H and O–H groups in total. The first-order chi connectivity index (χ1) is 18.7. The van der Waals surface area contributed by atoms with Crippen molar-refractivity contribution < 1.29 is 27.1 Å². The standard InChI is InChI=1S/C27H24F4N6O2/c28-22-13-19(36-26(38)35-18-3-1-17(2-4-18)27(29,30)31)5-8-25(22)39-21-6-7-23-24(14-21)34-20(15-33-23)16-37-11-9-32-10-12-37/h1-8,13-15,32H,9-12,16H2,(H2,35,36,38). The summed E-state index contributed by atoms with van der Waals surface area (Å²) < 4.78 is 58.5. The minimum absolute atomic E-state index is 0.0621. The maximum absolute atomic E-state index is 14.8. The summed E-state index contributed by atoms with van der Waals surface area (Å²) in [5.74, 6) is -0.412. The molecule has 0 bridgehead atoms. The maximum Gasteiger partial charge on any atom is 0.416 e. The van der Waals surface area contributed by atoms with Gasteiger partial charge in [0.05, 0.1) is 28.5 Å². The molecule has 0 unspecified atom stereocenters. The number of urea groups is 1. The molecule has 1 aliphatic rings. The van der Waals surface area contributed by atoms with E-state index in [1.807, 2.05) is 0 Å². The Morgan fingerprint density at radius 2 is 1.67 bits per heavy atom. The van der Waals surface area contributed by atoms with Crippen LogP contribution in [0.5, 0.6) is 11.5 Å². The molecule has 0 saturated carbocycles. The minimum Gasteiger partial charge on any atom is -0.454 e. The van der Waals surface area contributed by atoms with Crippen LogP contribution in [0.1, 0.15) is 11.3 Å². The van der Waals surface area contributed by atoms with Crippen LogP contribution in [0.15, 0.2) is 66.9 Å².